The molecule has 0 aliphatic carbocycles. The first-order valence-electron chi connectivity index (χ1n) is 7.60. The second-order valence-corrected chi connectivity index (χ2v) is 6.34. The molecule has 0 radical (unpaired) electrons. The maximum absolute atomic E-state index is 12.5. The first-order chi connectivity index (χ1) is 11.3. The zero-order chi connectivity index (χ0) is 17.9. The highest BCUT2D eigenvalue weighted by Crippen LogP contribution is 2.21. The van der Waals surface area contributed by atoms with Crippen molar-refractivity contribution >= 4 is 23.5 Å². The van der Waals surface area contributed by atoms with Crippen LogP contribution >= 0.6 is 11.6 Å². The lowest BCUT2D eigenvalue weighted by Gasteiger charge is -2.16. The predicted octanol–water partition coefficient (Wildman–Crippen LogP) is 3.14. The SMILES string of the molecule is CC(C)c1cc(C(=O)N[C@@H](CC(=O)O)c2ccc(Cl)cc2)nn1C. The summed E-state index contributed by atoms with van der Waals surface area (Å²) in [6, 6.07) is 7.80. The van der Waals surface area contributed by atoms with E-state index in [4.69, 9.17) is 16.7 Å². The Kier molecular flexibility index (Phi) is 5.62. The normalized spacial score (nSPS) is 12.2. The fourth-order valence-electron chi connectivity index (χ4n) is 2.49. The fraction of sp³-hybridized carbons (Fsp3) is 0.353. The fourth-order valence-corrected chi connectivity index (χ4v) is 2.61. The topological polar surface area (TPSA) is 84.2 Å². The minimum absolute atomic E-state index is 0.225. The van der Waals surface area contributed by atoms with Crippen LogP contribution in [0.5, 0.6) is 0 Å². The molecule has 0 saturated heterocycles. The van der Waals surface area contributed by atoms with Crippen molar-refractivity contribution in [3.63, 3.8) is 0 Å². The Balaban J connectivity index is 2.22. The summed E-state index contributed by atoms with van der Waals surface area (Å²) < 4.78 is 1.66. The van der Waals surface area contributed by atoms with Gasteiger partial charge < -0.3 is 10.4 Å². The quantitative estimate of drug-likeness (QED) is 0.839. The summed E-state index contributed by atoms with van der Waals surface area (Å²) >= 11 is 5.86. The minimum atomic E-state index is -1.00. The third-order valence-corrected chi connectivity index (χ3v) is 3.95. The molecular formula is C17H20ClN3O3. The Morgan fingerprint density at radius 2 is 1.92 bits per heavy atom. The van der Waals surface area contributed by atoms with Crippen LogP contribution in [0.1, 0.15) is 54.0 Å². The Labute approximate surface area is 145 Å². The molecule has 0 aliphatic heterocycles. The molecule has 0 unspecified atom stereocenters. The smallest absolute Gasteiger partial charge is 0.305 e. The monoisotopic (exact) mass is 349 g/mol. The molecule has 1 atom stereocenters. The molecule has 6 nitrogen and oxygen atoms in total. The minimum Gasteiger partial charge on any atom is -0.481 e. The van der Waals surface area contributed by atoms with Gasteiger partial charge in [0, 0.05) is 17.8 Å². The summed E-state index contributed by atoms with van der Waals surface area (Å²) in [5.74, 6) is -1.17. The molecule has 0 spiro atoms. The van der Waals surface area contributed by atoms with E-state index in [1.807, 2.05) is 13.8 Å². The van der Waals surface area contributed by atoms with E-state index >= 15 is 0 Å². The Morgan fingerprint density at radius 1 is 1.29 bits per heavy atom. The van der Waals surface area contributed by atoms with Crippen molar-refractivity contribution in [2.45, 2.75) is 32.2 Å². The van der Waals surface area contributed by atoms with Crippen molar-refractivity contribution in [2.75, 3.05) is 0 Å². The van der Waals surface area contributed by atoms with E-state index in [1.54, 1.807) is 42.1 Å². The van der Waals surface area contributed by atoms with Gasteiger partial charge in [-0.3, -0.25) is 14.3 Å². The molecule has 7 heteroatoms. The van der Waals surface area contributed by atoms with Crippen molar-refractivity contribution in [1.82, 2.24) is 15.1 Å². The van der Waals surface area contributed by atoms with Crippen molar-refractivity contribution < 1.29 is 14.7 Å². The van der Waals surface area contributed by atoms with Gasteiger partial charge >= 0.3 is 5.97 Å². The van der Waals surface area contributed by atoms with E-state index in [0.29, 0.717) is 10.6 Å². The van der Waals surface area contributed by atoms with Crippen molar-refractivity contribution in [3.05, 3.63) is 52.3 Å². The molecule has 2 aromatic rings. The Hall–Kier alpha value is -2.34. The lowest BCUT2D eigenvalue weighted by molar-refractivity contribution is -0.137. The maximum Gasteiger partial charge on any atom is 0.305 e. The van der Waals surface area contributed by atoms with Gasteiger partial charge in [-0.2, -0.15) is 5.10 Å². The van der Waals surface area contributed by atoms with Crippen molar-refractivity contribution in [3.8, 4) is 0 Å². The van der Waals surface area contributed by atoms with Gasteiger partial charge in [0.2, 0.25) is 0 Å². The molecule has 0 saturated carbocycles. The lowest BCUT2D eigenvalue weighted by atomic mass is 10.0. The van der Waals surface area contributed by atoms with E-state index < -0.39 is 17.9 Å². The number of nitrogens with zero attached hydrogens (tertiary/aromatic N) is 2. The van der Waals surface area contributed by atoms with Crippen LogP contribution in [0.25, 0.3) is 0 Å². The number of nitrogens with one attached hydrogen (secondary N) is 1. The van der Waals surface area contributed by atoms with Crippen LogP contribution in [0.3, 0.4) is 0 Å². The second kappa shape index (κ2) is 7.49. The summed E-state index contributed by atoms with van der Waals surface area (Å²) in [5, 5.41) is 16.6. The summed E-state index contributed by atoms with van der Waals surface area (Å²) in [5.41, 5.74) is 1.88. The van der Waals surface area contributed by atoms with Crippen LogP contribution in [0.15, 0.2) is 30.3 Å². The number of carbonyl (C=O) groups is 2. The summed E-state index contributed by atoms with van der Waals surface area (Å²) in [6.45, 7) is 4.03. The van der Waals surface area contributed by atoms with Crippen LogP contribution in [-0.4, -0.2) is 26.8 Å². The molecule has 24 heavy (non-hydrogen) atoms. The van der Waals surface area contributed by atoms with Crippen LogP contribution in [-0.2, 0) is 11.8 Å². The zero-order valence-corrected chi connectivity index (χ0v) is 14.5. The number of carboxylic acids is 1. The average molecular weight is 350 g/mol. The number of hydrogen-bond acceptors (Lipinski definition) is 3. The number of aryl methyl sites for hydroxylation is 1. The van der Waals surface area contributed by atoms with Gasteiger partial charge in [0.05, 0.1) is 12.5 Å². The molecule has 1 aromatic carbocycles. The first-order valence-corrected chi connectivity index (χ1v) is 7.97. The van der Waals surface area contributed by atoms with Gasteiger partial charge in [-0.15, -0.1) is 0 Å². The Morgan fingerprint density at radius 3 is 2.42 bits per heavy atom. The van der Waals surface area contributed by atoms with E-state index in [2.05, 4.69) is 10.4 Å². The molecule has 0 fully saturated rings. The lowest BCUT2D eigenvalue weighted by Crippen LogP contribution is -2.30. The van der Waals surface area contributed by atoms with Gasteiger partial charge in [0.25, 0.3) is 5.91 Å². The van der Waals surface area contributed by atoms with E-state index in [1.165, 1.54) is 0 Å². The number of aliphatic carboxylic acids is 1. The molecule has 1 aromatic heterocycles. The molecular weight excluding hydrogens is 330 g/mol. The second-order valence-electron chi connectivity index (χ2n) is 5.91. The van der Waals surface area contributed by atoms with Crippen LogP contribution < -0.4 is 5.32 Å². The van der Waals surface area contributed by atoms with Crippen molar-refractivity contribution in [2.24, 2.45) is 7.05 Å². The molecule has 2 N–H and O–H groups in total. The molecule has 1 amide bonds. The van der Waals surface area contributed by atoms with E-state index in [9.17, 15) is 9.59 Å². The van der Waals surface area contributed by atoms with Gasteiger partial charge in [-0.1, -0.05) is 37.6 Å². The number of carbonyl (C=O) groups excluding carboxylic acids is 1. The third-order valence-electron chi connectivity index (χ3n) is 3.70. The number of hydrogen-bond donors (Lipinski definition) is 2. The number of aromatic nitrogens is 2. The maximum atomic E-state index is 12.5. The average Bonchev–Trinajstić information content (AvgIpc) is 2.89. The van der Waals surface area contributed by atoms with Crippen LogP contribution in [0.4, 0.5) is 0 Å². The highest BCUT2D eigenvalue weighted by Gasteiger charge is 2.21. The molecule has 1 heterocycles. The van der Waals surface area contributed by atoms with E-state index in [-0.39, 0.29) is 18.0 Å². The standard InChI is InChI=1S/C17H20ClN3O3/c1-10(2)15-8-14(20-21(15)3)17(24)19-13(9-16(22)23)11-4-6-12(18)7-5-11/h4-8,10,13H,9H2,1-3H3,(H,19,24)(H,22,23)/t13-/m0/s1. The van der Waals surface area contributed by atoms with Crippen molar-refractivity contribution in [1.29, 1.82) is 0 Å². The molecule has 0 aliphatic rings. The number of halogens is 1. The van der Waals surface area contributed by atoms with Gasteiger partial charge in [-0.05, 0) is 29.7 Å². The number of amides is 1. The number of rotatable bonds is 6. The summed E-state index contributed by atoms with van der Waals surface area (Å²) in [6.07, 6.45) is -0.225. The number of carboxylic acid groups (broad SMARTS) is 1. The molecule has 0 bridgehead atoms. The van der Waals surface area contributed by atoms with Gasteiger partial charge in [0.1, 0.15) is 5.69 Å². The molecule has 128 valence electrons. The van der Waals surface area contributed by atoms with E-state index in [0.717, 1.165) is 5.69 Å². The largest absolute Gasteiger partial charge is 0.481 e. The highest BCUT2D eigenvalue weighted by atomic mass is 35.5. The number of benzene rings is 1. The highest BCUT2D eigenvalue weighted by molar-refractivity contribution is 6.30. The molecule has 2 rings (SSSR count). The predicted molar refractivity (Wildman–Crippen MR) is 91.2 cm³/mol. The summed E-state index contributed by atoms with van der Waals surface area (Å²) in [4.78, 5) is 23.6. The summed E-state index contributed by atoms with van der Waals surface area (Å²) in [7, 11) is 1.78. The third kappa shape index (κ3) is 4.35. The Bertz CT molecular complexity index is 738. The van der Waals surface area contributed by atoms with Gasteiger partial charge in [-0.25, -0.2) is 0 Å². The zero-order valence-electron chi connectivity index (χ0n) is 13.8. The first kappa shape index (κ1) is 18.0. The van der Waals surface area contributed by atoms with Gasteiger partial charge in [0.15, 0.2) is 0 Å². The van der Waals surface area contributed by atoms with Crippen LogP contribution in [0, 0.1) is 0 Å². The van der Waals surface area contributed by atoms with Crippen LogP contribution in [0.2, 0.25) is 5.02 Å².